The number of hydrogen-bond acceptors (Lipinski definition) is 3. The van der Waals surface area contributed by atoms with Gasteiger partial charge in [-0.3, -0.25) is 4.79 Å². The SMILES string of the molecule is CC1=CC(=O)C2(CC1O)C(C)C(O)CC2C(C)C. The second-order valence-corrected chi connectivity index (χ2v) is 6.46. The van der Waals surface area contributed by atoms with Gasteiger partial charge in [-0.25, -0.2) is 0 Å². The molecule has 1 saturated carbocycles. The molecule has 2 aliphatic carbocycles. The Hall–Kier alpha value is -0.670. The molecule has 0 aromatic heterocycles. The van der Waals surface area contributed by atoms with Crippen molar-refractivity contribution >= 4 is 5.78 Å². The molecule has 2 aliphatic rings. The summed E-state index contributed by atoms with van der Waals surface area (Å²) < 4.78 is 0. The first-order valence-corrected chi connectivity index (χ1v) is 6.89. The number of hydrogen-bond donors (Lipinski definition) is 2. The minimum atomic E-state index is -0.563. The van der Waals surface area contributed by atoms with E-state index in [9.17, 15) is 15.0 Å². The molecule has 3 nitrogen and oxygen atoms in total. The van der Waals surface area contributed by atoms with Crippen LogP contribution in [-0.4, -0.2) is 28.2 Å². The molecule has 0 aromatic rings. The van der Waals surface area contributed by atoms with E-state index in [1.165, 1.54) is 0 Å². The van der Waals surface area contributed by atoms with E-state index in [0.717, 1.165) is 5.57 Å². The number of allylic oxidation sites excluding steroid dienone is 1. The van der Waals surface area contributed by atoms with Crippen molar-refractivity contribution in [2.24, 2.45) is 23.2 Å². The molecule has 102 valence electrons. The van der Waals surface area contributed by atoms with Crippen molar-refractivity contribution in [2.45, 2.75) is 52.7 Å². The first-order chi connectivity index (χ1) is 8.30. The van der Waals surface area contributed by atoms with E-state index >= 15 is 0 Å². The van der Waals surface area contributed by atoms with Crippen LogP contribution in [0.3, 0.4) is 0 Å². The van der Waals surface area contributed by atoms with Gasteiger partial charge < -0.3 is 10.2 Å². The molecule has 5 atom stereocenters. The highest BCUT2D eigenvalue weighted by Gasteiger charge is 2.58. The van der Waals surface area contributed by atoms with Gasteiger partial charge in [-0.05, 0) is 49.2 Å². The van der Waals surface area contributed by atoms with E-state index in [4.69, 9.17) is 0 Å². The molecule has 0 saturated heterocycles. The molecule has 18 heavy (non-hydrogen) atoms. The van der Waals surface area contributed by atoms with E-state index in [1.807, 2.05) is 6.92 Å². The standard InChI is InChI=1S/C15H24O3/c1-8(2)11-6-12(16)10(4)15(11)7-13(17)9(3)5-14(15)18/h5,8,10-13,16-17H,6-7H2,1-4H3. The van der Waals surface area contributed by atoms with Crippen LogP contribution in [0.5, 0.6) is 0 Å². The van der Waals surface area contributed by atoms with Gasteiger partial charge in [0, 0.05) is 5.41 Å². The van der Waals surface area contributed by atoms with Crippen molar-refractivity contribution in [3.8, 4) is 0 Å². The number of aliphatic hydroxyl groups is 2. The fraction of sp³-hybridized carbons (Fsp3) is 0.800. The lowest BCUT2D eigenvalue weighted by molar-refractivity contribution is -0.134. The van der Waals surface area contributed by atoms with Crippen molar-refractivity contribution in [2.75, 3.05) is 0 Å². The van der Waals surface area contributed by atoms with Crippen LogP contribution in [0.15, 0.2) is 11.6 Å². The molecule has 0 radical (unpaired) electrons. The van der Waals surface area contributed by atoms with Gasteiger partial charge in [0.05, 0.1) is 12.2 Å². The van der Waals surface area contributed by atoms with Crippen molar-refractivity contribution < 1.29 is 15.0 Å². The molecule has 0 aliphatic heterocycles. The number of carbonyl (C=O) groups is 1. The fourth-order valence-electron chi connectivity index (χ4n) is 3.99. The molecule has 0 amide bonds. The van der Waals surface area contributed by atoms with Crippen LogP contribution in [-0.2, 0) is 4.79 Å². The van der Waals surface area contributed by atoms with Gasteiger partial charge in [0.1, 0.15) is 0 Å². The molecular weight excluding hydrogens is 228 g/mol. The monoisotopic (exact) mass is 252 g/mol. The second-order valence-electron chi connectivity index (χ2n) is 6.46. The summed E-state index contributed by atoms with van der Waals surface area (Å²) in [7, 11) is 0. The van der Waals surface area contributed by atoms with Gasteiger partial charge in [-0.2, -0.15) is 0 Å². The van der Waals surface area contributed by atoms with E-state index in [2.05, 4.69) is 13.8 Å². The Bertz CT molecular complexity index is 385. The Labute approximate surface area is 109 Å². The van der Waals surface area contributed by atoms with Crippen molar-refractivity contribution in [1.29, 1.82) is 0 Å². The van der Waals surface area contributed by atoms with Crippen LogP contribution in [0.1, 0.15) is 40.5 Å². The lowest BCUT2D eigenvalue weighted by Crippen LogP contribution is -2.47. The first kappa shape index (κ1) is 13.8. The quantitative estimate of drug-likeness (QED) is 0.749. The van der Waals surface area contributed by atoms with Crippen molar-refractivity contribution in [3.63, 3.8) is 0 Å². The zero-order valence-corrected chi connectivity index (χ0v) is 11.7. The molecule has 0 aromatic carbocycles. The van der Waals surface area contributed by atoms with Gasteiger partial charge in [0.15, 0.2) is 5.78 Å². The number of rotatable bonds is 1. The summed E-state index contributed by atoms with van der Waals surface area (Å²) in [6, 6.07) is 0. The van der Waals surface area contributed by atoms with Crippen LogP contribution in [0.2, 0.25) is 0 Å². The third-order valence-corrected chi connectivity index (χ3v) is 5.23. The minimum absolute atomic E-state index is 0.0728. The van der Waals surface area contributed by atoms with Gasteiger partial charge in [-0.15, -0.1) is 0 Å². The number of ketones is 1. The molecule has 0 bridgehead atoms. The summed E-state index contributed by atoms with van der Waals surface area (Å²) in [5.74, 6) is 0.533. The Kier molecular flexibility index (Phi) is 3.41. The molecule has 1 spiro atoms. The van der Waals surface area contributed by atoms with E-state index in [1.54, 1.807) is 13.0 Å². The highest BCUT2D eigenvalue weighted by molar-refractivity contribution is 5.97. The predicted molar refractivity (Wildman–Crippen MR) is 69.9 cm³/mol. The largest absolute Gasteiger partial charge is 0.393 e. The average Bonchev–Trinajstić information content (AvgIpc) is 2.53. The molecule has 1 fully saturated rings. The second kappa shape index (κ2) is 4.46. The topological polar surface area (TPSA) is 57.5 Å². The van der Waals surface area contributed by atoms with Crippen LogP contribution in [0.25, 0.3) is 0 Å². The van der Waals surface area contributed by atoms with E-state index in [0.29, 0.717) is 18.8 Å². The zero-order valence-electron chi connectivity index (χ0n) is 11.7. The van der Waals surface area contributed by atoms with Crippen molar-refractivity contribution in [1.82, 2.24) is 0 Å². The molecule has 2 N–H and O–H groups in total. The Morgan fingerprint density at radius 2 is 2.00 bits per heavy atom. The highest BCUT2D eigenvalue weighted by atomic mass is 16.3. The predicted octanol–water partition coefficient (Wildman–Crippen LogP) is 1.93. The molecule has 0 heterocycles. The van der Waals surface area contributed by atoms with Crippen LogP contribution in [0.4, 0.5) is 0 Å². The molecule has 5 unspecified atom stereocenters. The molecular formula is C15H24O3. The number of aliphatic hydroxyl groups excluding tert-OH is 2. The van der Waals surface area contributed by atoms with Gasteiger partial charge in [0.2, 0.25) is 0 Å². The third kappa shape index (κ3) is 1.76. The van der Waals surface area contributed by atoms with Crippen LogP contribution < -0.4 is 0 Å². The van der Waals surface area contributed by atoms with E-state index in [-0.39, 0.29) is 17.6 Å². The molecule has 2 rings (SSSR count). The number of carbonyl (C=O) groups excluding carboxylic acids is 1. The zero-order chi connectivity index (χ0) is 13.7. The summed E-state index contributed by atoms with van der Waals surface area (Å²) in [6.07, 6.45) is 1.76. The summed E-state index contributed by atoms with van der Waals surface area (Å²) in [5, 5.41) is 20.3. The summed E-state index contributed by atoms with van der Waals surface area (Å²) in [5.41, 5.74) is 0.189. The Morgan fingerprint density at radius 1 is 1.39 bits per heavy atom. The first-order valence-electron chi connectivity index (χ1n) is 6.89. The highest BCUT2D eigenvalue weighted by Crippen LogP contribution is 2.56. The normalized spacial score (nSPS) is 44.8. The minimum Gasteiger partial charge on any atom is -0.393 e. The van der Waals surface area contributed by atoms with Gasteiger partial charge in [-0.1, -0.05) is 20.8 Å². The molecule has 3 heteroatoms. The van der Waals surface area contributed by atoms with Gasteiger partial charge in [0.25, 0.3) is 0 Å². The smallest absolute Gasteiger partial charge is 0.162 e. The van der Waals surface area contributed by atoms with Crippen LogP contribution in [0, 0.1) is 23.2 Å². The van der Waals surface area contributed by atoms with Crippen molar-refractivity contribution in [3.05, 3.63) is 11.6 Å². The maximum atomic E-state index is 12.5. The summed E-state index contributed by atoms with van der Waals surface area (Å²) in [6.45, 7) is 7.95. The van der Waals surface area contributed by atoms with Crippen LogP contribution >= 0.6 is 0 Å². The Morgan fingerprint density at radius 3 is 2.56 bits per heavy atom. The lowest BCUT2D eigenvalue weighted by atomic mass is 9.60. The summed E-state index contributed by atoms with van der Waals surface area (Å²) in [4.78, 5) is 12.5. The maximum Gasteiger partial charge on any atom is 0.162 e. The maximum absolute atomic E-state index is 12.5. The third-order valence-electron chi connectivity index (χ3n) is 5.23. The fourth-order valence-corrected chi connectivity index (χ4v) is 3.99. The lowest BCUT2D eigenvalue weighted by Gasteiger charge is -2.43. The van der Waals surface area contributed by atoms with E-state index < -0.39 is 17.6 Å². The average molecular weight is 252 g/mol. The Balaban J connectivity index is 2.47. The van der Waals surface area contributed by atoms with Gasteiger partial charge >= 0.3 is 0 Å². The summed E-state index contributed by atoms with van der Waals surface area (Å²) >= 11 is 0.